The number of methoxy groups -OCH3 is 1. The van der Waals surface area contributed by atoms with Crippen molar-refractivity contribution >= 4 is 11.7 Å². The van der Waals surface area contributed by atoms with Gasteiger partial charge in [0.15, 0.2) is 0 Å². The zero-order valence-electron chi connectivity index (χ0n) is 11.0. The number of hydrogen-bond donors (Lipinski definition) is 2. The largest absolute Gasteiger partial charge is 0.492 e. The lowest BCUT2D eigenvalue weighted by Crippen LogP contribution is -2.38. The van der Waals surface area contributed by atoms with Crippen LogP contribution >= 0.6 is 0 Å². The fraction of sp³-hybridized carbons (Fsp3) is 0.462. The van der Waals surface area contributed by atoms with Crippen LogP contribution in [0, 0.1) is 0 Å². The highest BCUT2D eigenvalue weighted by Crippen LogP contribution is 2.23. The molecule has 0 aromatic heterocycles. The minimum Gasteiger partial charge on any atom is -0.492 e. The van der Waals surface area contributed by atoms with Crippen LogP contribution in [0.2, 0.25) is 0 Å². The molecule has 2 N–H and O–H groups in total. The zero-order valence-corrected chi connectivity index (χ0v) is 11.0. The van der Waals surface area contributed by atoms with Gasteiger partial charge in [0.1, 0.15) is 5.75 Å². The van der Waals surface area contributed by atoms with Crippen LogP contribution in [-0.4, -0.2) is 32.4 Å². The fourth-order valence-electron chi connectivity index (χ4n) is 1.53. The highest BCUT2D eigenvalue weighted by Gasteiger charge is 2.09. The van der Waals surface area contributed by atoms with Gasteiger partial charge in [-0.1, -0.05) is 12.1 Å². The van der Waals surface area contributed by atoms with Gasteiger partial charge in [-0.3, -0.25) is 0 Å². The van der Waals surface area contributed by atoms with Gasteiger partial charge in [0.05, 0.1) is 24.9 Å². The molecule has 0 saturated heterocycles. The first-order valence-corrected chi connectivity index (χ1v) is 5.95. The smallest absolute Gasteiger partial charge is 0.319 e. The van der Waals surface area contributed by atoms with Crippen molar-refractivity contribution < 1.29 is 14.3 Å². The summed E-state index contributed by atoms with van der Waals surface area (Å²) in [5, 5.41) is 5.52. The molecule has 0 radical (unpaired) electrons. The Kier molecular flexibility index (Phi) is 6.00. The molecule has 100 valence electrons. The van der Waals surface area contributed by atoms with Gasteiger partial charge in [0.25, 0.3) is 0 Å². The van der Waals surface area contributed by atoms with E-state index < -0.39 is 0 Å². The number of para-hydroxylation sites is 2. The van der Waals surface area contributed by atoms with Crippen molar-refractivity contribution in [3.63, 3.8) is 0 Å². The van der Waals surface area contributed by atoms with E-state index in [2.05, 4.69) is 10.6 Å². The first kappa shape index (κ1) is 14.3. The van der Waals surface area contributed by atoms with Crippen molar-refractivity contribution in [2.24, 2.45) is 0 Å². The summed E-state index contributed by atoms with van der Waals surface area (Å²) in [6.45, 7) is 4.80. The number of amides is 2. The summed E-state index contributed by atoms with van der Waals surface area (Å²) in [5.41, 5.74) is 0.654. The fourth-order valence-corrected chi connectivity index (χ4v) is 1.53. The van der Waals surface area contributed by atoms with Crippen LogP contribution in [-0.2, 0) is 4.74 Å². The SMILES string of the molecule is CCOc1ccccc1NC(=O)N[C@@H](C)COC. The molecule has 0 aliphatic rings. The van der Waals surface area contributed by atoms with Gasteiger partial charge in [0, 0.05) is 7.11 Å². The average Bonchev–Trinajstić information content (AvgIpc) is 2.32. The molecule has 0 bridgehead atoms. The molecule has 0 fully saturated rings. The lowest BCUT2D eigenvalue weighted by atomic mass is 10.3. The van der Waals surface area contributed by atoms with Crippen molar-refractivity contribution in [3.05, 3.63) is 24.3 Å². The predicted molar refractivity (Wildman–Crippen MR) is 71.1 cm³/mol. The number of urea groups is 1. The molecule has 0 spiro atoms. The summed E-state index contributed by atoms with van der Waals surface area (Å²) in [5.74, 6) is 0.662. The van der Waals surface area contributed by atoms with Crippen LogP contribution in [0.15, 0.2) is 24.3 Å². The Morgan fingerprint density at radius 1 is 1.39 bits per heavy atom. The van der Waals surface area contributed by atoms with Crippen molar-refractivity contribution in [2.75, 3.05) is 25.6 Å². The molecule has 1 aromatic rings. The van der Waals surface area contributed by atoms with Gasteiger partial charge in [-0.25, -0.2) is 4.79 Å². The summed E-state index contributed by atoms with van der Waals surface area (Å²) in [7, 11) is 1.60. The number of ether oxygens (including phenoxy) is 2. The summed E-state index contributed by atoms with van der Waals surface area (Å²) in [6, 6.07) is 7.00. The van der Waals surface area contributed by atoms with E-state index in [9.17, 15) is 4.79 Å². The molecular weight excluding hydrogens is 232 g/mol. The molecule has 0 unspecified atom stereocenters. The van der Waals surface area contributed by atoms with E-state index in [1.54, 1.807) is 13.2 Å². The van der Waals surface area contributed by atoms with Crippen LogP contribution in [0.25, 0.3) is 0 Å². The minimum atomic E-state index is -0.272. The molecule has 2 amide bonds. The number of rotatable bonds is 6. The Morgan fingerprint density at radius 3 is 2.78 bits per heavy atom. The molecular formula is C13H20N2O3. The van der Waals surface area contributed by atoms with Gasteiger partial charge >= 0.3 is 6.03 Å². The zero-order chi connectivity index (χ0) is 13.4. The molecule has 1 aromatic carbocycles. The van der Waals surface area contributed by atoms with E-state index in [0.29, 0.717) is 24.7 Å². The third-order valence-corrected chi connectivity index (χ3v) is 2.23. The second-order valence-electron chi connectivity index (χ2n) is 3.88. The van der Waals surface area contributed by atoms with Crippen molar-refractivity contribution in [2.45, 2.75) is 19.9 Å². The number of anilines is 1. The number of carbonyl (C=O) groups excluding carboxylic acids is 1. The topological polar surface area (TPSA) is 59.6 Å². The lowest BCUT2D eigenvalue weighted by Gasteiger charge is -2.15. The van der Waals surface area contributed by atoms with Gasteiger partial charge < -0.3 is 20.1 Å². The maximum Gasteiger partial charge on any atom is 0.319 e. The Hall–Kier alpha value is -1.75. The third-order valence-electron chi connectivity index (χ3n) is 2.23. The normalized spacial score (nSPS) is 11.7. The third kappa shape index (κ3) is 4.63. The molecule has 0 heterocycles. The van der Waals surface area contributed by atoms with Crippen LogP contribution in [0.3, 0.4) is 0 Å². The molecule has 0 saturated carbocycles. The van der Waals surface area contributed by atoms with Crippen molar-refractivity contribution in [3.8, 4) is 5.75 Å². The summed E-state index contributed by atoms with van der Waals surface area (Å²) < 4.78 is 10.4. The first-order valence-electron chi connectivity index (χ1n) is 5.95. The van der Waals surface area contributed by atoms with E-state index in [0.717, 1.165) is 0 Å². The predicted octanol–water partition coefficient (Wildman–Crippen LogP) is 2.24. The first-order chi connectivity index (χ1) is 8.67. The van der Waals surface area contributed by atoms with Gasteiger partial charge in [0.2, 0.25) is 0 Å². The lowest BCUT2D eigenvalue weighted by molar-refractivity contribution is 0.173. The van der Waals surface area contributed by atoms with Crippen molar-refractivity contribution in [1.82, 2.24) is 5.32 Å². The molecule has 0 aliphatic carbocycles. The minimum absolute atomic E-state index is 0.0470. The number of benzene rings is 1. The van der Waals surface area contributed by atoms with Crippen molar-refractivity contribution in [1.29, 1.82) is 0 Å². The highest BCUT2D eigenvalue weighted by atomic mass is 16.5. The van der Waals surface area contributed by atoms with E-state index in [1.807, 2.05) is 32.0 Å². The van der Waals surface area contributed by atoms with E-state index in [-0.39, 0.29) is 12.1 Å². The molecule has 1 rings (SSSR count). The van der Waals surface area contributed by atoms with E-state index in [4.69, 9.17) is 9.47 Å². The standard InChI is InChI=1S/C13H20N2O3/c1-4-18-12-8-6-5-7-11(12)15-13(16)14-10(2)9-17-3/h5-8,10H,4,9H2,1-3H3,(H2,14,15,16)/t10-/m0/s1. The summed E-state index contributed by atoms with van der Waals surface area (Å²) in [4.78, 5) is 11.7. The quantitative estimate of drug-likeness (QED) is 0.816. The van der Waals surface area contributed by atoms with Crippen LogP contribution in [0.4, 0.5) is 10.5 Å². The second kappa shape index (κ2) is 7.55. The Balaban J connectivity index is 2.58. The maximum absolute atomic E-state index is 11.7. The Labute approximate surface area is 107 Å². The Morgan fingerprint density at radius 2 is 2.11 bits per heavy atom. The summed E-state index contributed by atoms with van der Waals surface area (Å²) >= 11 is 0. The number of nitrogens with one attached hydrogen (secondary N) is 2. The second-order valence-corrected chi connectivity index (χ2v) is 3.88. The average molecular weight is 252 g/mol. The molecule has 1 atom stereocenters. The number of hydrogen-bond acceptors (Lipinski definition) is 3. The van der Waals surface area contributed by atoms with E-state index in [1.165, 1.54) is 0 Å². The molecule has 18 heavy (non-hydrogen) atoms. The number of carbonyl (C=O) groups is 1. The molecule has 5 heteroatoms. The van der Waals surface area contributed by atoms with Gasteiger partial charge in [-0.15, -0.1) is 0 Å². The monoisotopic (exact) mass is 252 g/mol. The molecule has 0 aliphatic heterocycles. The maximum atomic E-state index is 11.7. The van der Waals surface area contributed by atoms with Crippen LogP contribution in [0.1, 0.15) is 13.8 Å². The van der Waals surface area contributed by atoms with Gasteiger partial charge in [-0.05, 0) is 26.0 Å². The molecule has 5 nitrogen and oxygen atoms in total. The van der Waals surface area contributed by atoms with Gasteiger partial charge in [-0.2, -0.15) is 0 Å². The van der Waals surface area contributed by atoms with Crippen LogP contribution < -0.4 is 15.4 Å². The van der Waals surface area contributed by atoms with E-state index >= 15 is 0 Å². The Bertz CT molecular complexity index is 382. The summed E-state index contributed by atoms with van der Waals surface area (Å²) in [6.07, 6.45) is 0. The van der Waals surface area contributed by atoms with Crippen LogP contribution in [0.5, 0.6) is 5.75 Å². The highest BCUT2D eigenvalue weighted by molar-refractivity contribution is 5.91.